The molecule has 0 aliphatic carbocycles. The Bertz CT molecular complexity index is 773. The van der Waals surface area contributed by atoms with E-state index in [1.54, 1.807) is 19.2 Å². The summed E-state index contributed by atoms with van der Waals surface area (Å²) in [4.78, 5) is 36.9. The molecule has 1 saturated heterocycles. The fraction of sp³-hybridized carbons (Fsp3) is 0.211. The fourth-order valence-electron chi connectivity index (χ4n) is 2.83. The number of benzene rings is 2. The Balaban J connectivity index is 1.82. The Hall–Kier alpha value is -2.93. The first kappa shape index (κ1) is 17.9. The number of hydrogen-bond donors (Lipinski definition) is 0. The maximum Gasteiger partial charge on any atom is 0.614 e. The lowest BCUT2D eigenvalue weighted by molar-refractivity contribution is -0.145. The highest BCUT2D eigenvalue weighted by molar-refractivity contribution is 6.54. The van der Waals surface area contributed by atoms with E-state index in [9.17, 15) is 14.4 Å². The van der Waals surface area contributed by atoms with E-state index in [0.29, 0.717) is 11.8 Å². The van der Waals surface area contributed by atoms with E-state index < -0.39 is 24.9 Å². The Labute approximate surface area is 151 Å². The monoisotopic (exact) mass is 351 g/mol. The molecule has 2 aromatic carbocycles. The van der Waals surface area contributed by atoms with Gasteiger partial charge in [-0.15, -0.1) is 0 Å². The number of carbonyl (C=O) groups is 3. The second-order valence-electron chi connectivity index (χ2n) is 6.17. The molecular weight excluding hydrogens is 333 g/mol. The standard InChI is InChI=1S/C19H18BNO5/c1-21-11-18(23)25-20(26-19(24)12-21)17(13-22)16-9-7-15(8-10-16)14-5-3-2-4-6-14/h2-10,13,17H,11-12H2,1H3/t17-/m1/s1. The molecule has 0 radical (unpaired) electrons. The summed E-state index contributed by atoms with van der Waals surface area (Å²) in [5.41, 5.74) is 2.65. The van der Waals surface area contributed by atoms with Gasteiger partial charge in [0.05, 0.1) is 13.1 Å². The van der Waals surface area contributed by atoms with Crippen molar-refractivity contribution in [3.8, 4) is 11.1 Å². The molecule has 7 heteroatoms. The van der Waals surface area contributed by atoms with Gasteiger partial charge in [0.15, 0.2) is 0 Å². The van der Waals surface area contributed by atoms with Gasteiger partial charge in [-0.3, -0.25) is 14.5 Å². The second-order valence-corrected chi connectivity index (χ2v) is 6.17. The molecule has 0 aromatic heterocycles. The Kier molecular flexibility index (Phi) is 5.48. The van der Waals surface area contributed by atoms with Gasteiger partial charge in [0.2, 0.25) is 0 Å². The maximum absolute atomic E-state index is 11.9. The van der Waals surface area contributed by atoms with E-state index >= 15 is 0 Å². The van der Waals surface area contributed by atoms with Crippen LogP contribution >= 0.6 is 0 Å². The van der Waals surface area contributed by atoms with Crippen molar-refractivity contribution in [2.24, 2.45) is 0 Å². The molecule has 1 fully saturated rings. The lowest BCUT2D eigenvalue weighted by atomic mass is 9.68. The highest BCUT2D eigenvalue weighted by atomic mass is 16.6. The first-order valence-corrected chi connectivity index (χ1v) is 8.25. The molecular formula is C19H18BNO5. The molecule has 0 bridgehead atoms. The first-order valence-electron chi connectivity index (χ1n) is 8.25. The third kappa shape index (κ3) is 4.18. The van der Waals surface area contributed by atoms with Gasteiger partial charge in [0.25, 0.3) is 0 Å². The zero-order valence-electron chi connectivity index (χ0n) is 14.3. The SMILES string of the molecule is CN1CC(=O)OB([C@H](C=O)c2ccc(-c3ccccc3)cc2)OC(=O)C1. The van der Waals surface area contributed by atoms with E-state index in [2.05, 4.69) is 0 Å². The van der Waals surface area contributed by atoms with Crippen LogP contribution in [-0.4, -0.2) is 50.4 Å². The third-order valence-electron chi connectivity index (χ3n) is 4.14. The van der Waals surface area contributed by atoms with Crippen LogP contribution in [-0.2, 0) is 23.7 Å². The predicted molar refractivity (Wildman–Crippen MR) is 96.1 cm³/mol. The minimum absolute atomic E-state index is 0.0376. The van der Waals surface area contributed by atoms with Crippen LogP contribution < -0.4 is 0 Å². The summed E-state index contributed by atoms with van der Waals surface area (Å²) in [5, 5.41) is 0. The molecule has 2 aromatic rings. The van der Waals surface area contributed by atoms with Crippen LogP contribution in [0.3, 0.4) is 0 Å². The molecule has 1 aliphatic rings. The van der Waals surface area contributed by atoms with E-state index in [-0.39, 0.29) is 13.1 Å². The average Bonchev–Trinajstić information content (AvgIpc) is 2.62. The van der Waals surface area contributed by atoms with Crippen LogP contribution in [0.15, 0.2) is 54.6 Å². The predicted octanol–water partition coefficient (Wildman–Crippen LogP) is 1.70. The highest BCUT2D eigenvalue weighted by Gasteiger charge is 2.40. The minimum Gasteiger partial charge on any atom is -0.498 e. The van der Waals surface area contributed by atoms with Crippen molar-refractivity contribution in [2.75, 3.05) is 20.1 Å². The minimum atomic E-state index is -1.26. The number of nitrogens with zero attached hydrogens (tertiary/aromatic N) is 1. The number of aldehydes is 1. The van der Waals surface area contributed by atoms with Crippen LogP contribution in [0.1, 0.15) is 11.4 Å². The van der Waals surface area contributed by atoms with Gasteiger partial charge < -0.3 is 14.1 Å². The van der Waals surface area contributed by atoms with Crippen LogP contribution in [0, 0.1) is 0 Å². The van der Waals surface area contributed by atoms with E-state index in [1.807, 2.05) is 42.5 Å². The average molecular weight is 351 g/mol. The number of rotatable bonds is 4. The van der Waals surface area contributed by atoms with Crippen molar-refractivity contribution in [3.63, 3.8) is 0 Å². The van der Waals surface area contributed by atoms with Gasteiger partial charge in [-0.25, -0.2) is 0 Å². The number of hydrogen-bond acceptors (Lipinski definition) is 6. The fourth-order valence-corrected chi connectivity index (χ4v) is 2.83. The summed E-state index contributed by atoms with van der Waals surface area (Å²) in [6.07, 6.45) is 0.633. The summed E-state index contributed by atoms with van der Waals surface area (Å²) in [6.45, 7) is -0.0752. The van der Waals surface area contributed by atoms with Crippen LogP contribution in [0.25, 0.3) is 11.1 Å². The van der Waals surface area contributed by atoms with E-state index in [4.69, 9.17) is 9.31 Å². The Morgan fingerprint density at radius 2 is 1.46 bits per heavy atom. The zero-order chi connectivity index (χ0) is 18.5. The van der Waals surface area contributed by atoms with Crippen molar-refractivity contribution < 1.29 is 23.7 Å². The summed E-state index contributed by atoms with van der Waals surface area (Å²) in [5.74, 6) is -1.97. The Morgan fingerprint density at radius 1 is 0.923 bits per heavy atom. The van der Waals surface area contributed by atoms with Crippen LogP contribution in [0.4, 0.5) is 0 Å². The molecule has 1 aliphatic heterocycles. The lowest BCUT2D eigenvalue weighted by Crippen LogP contribution is -2.45. The summed E-state index contributed by atoms with van der Waals surface area (Å²) >= 11 is 0. The van der Waals surface area contributed by atoms with E-state index in [1.165, 1.54) is 4.90 Å². The molecule has 0 unspecified atom stereocenters. The van der Waals surface area contributed by atoms with Gasteiger partial charge >= 0.3 is 19.1 Å². The smallest absolute Gasteiger partial charge is 0.498 e. The zero-order valence-corrected chi connectivity index (χ0v) is 14.3. The lowest BCUT2D eigenvalue weighted by Gasteiger charge is -2.25. The molecule has 0 amide bonds. The van der Waals surface area contributed by atoms with Crippen molar-refractivity contribution >= 4 is 25.3 Å². The van der Waals surface area contributed by atoms with Crippen molar-refractivity contribution in [1.29, 1.82) is 0 Å². The Morgan fingerprint density at radius 3 is 2.00 bits per heavy atom. The van der Waals surface area contributed by atoms with E-state index in [0.717, 1.165) is 11.1 Å². The molecule has 3 rings (SSSR count). The third-order valence-corrected chi connectivity index (χ3v) is 4.14. The number of likely N-dealkylation sites (N-methyl/N-ethyl adjacent to an activating group) is 1. The normalized spacial score (nSPS) is 16.9. The van der Waals surface area contributed by atoms with Crippen LogP contribution in [0.5, 0.6) is 0 Å². The van der Waals surface area contributed by atoms with Gasteiger partial charge in [-0.05, 0) is 23.7 Å². The first-order chi connectivity index (χ1) is 12.6. The molecule has 1 atom stereocenters. The van der Waals surface area contributed by atoms with Crippen molar-refractivity contribution in [1.82, 2.24) is 4.90 Å². The van der Waals surface area contributed by atoms with Crippen molar-refractivity contribution in [3.05, 3.63) is 60.2 Å². The highest BCUT2D eigenvalue weighted by Crippen LogP contribution is 2.24. The molecule has 0 N–H and O–H groups in total. The summed E-state index contributed by atoms with van der Waals surface area (Å²) < 4.78 is 10.4. The summed E-state index contributed by atoms with van der Waals surface area (Å²) in [6, 6.07) is 17.1. The summed E-state index contributed by atoms with van der Waals surface area (Å²) in [7, 11) is 0.353. The molecule has 26 heavy (non-hydrogen) atoms. The number of carbonyl (C=O) groups excluding carboxylic acids is 3. The largest absolute Gasteiger partial charge is 0.614 e. The van der Waals surface area contributed by atoms with Gasteiger partial charge in [-0.2, -0.15) is 0 Å². The molecule has 1 heterocycles. The van der Waals surface area contributed by atoms with Gasteiger partial charge in [0.1, 0.15) is 12.1 Å². The molecule has 0 spiro atoms. The van der Waals surface area contributed by atoms with Crippen molar-refractivity contribution in [2.45, 2.75) is 5.82 Å². The van der Waals surface area contributed by atoms with Gasteiger partial charge in [0, 0.05) is 0 Å². The molecule has 0 saturated carbocycles. The molecule has 132 valence electrons. The second kappa shape index (κ2) is 7.97. The topological polar surface area (TPSA) is 72.9 Å². The van der Waals surface area contributed by atoms with Crippen LogP contribution in [0.2, 0.25) is 0 Å². The molecule has 6 nitrogen and oxygen atoms in total. The maximum atomic E-state index is 11.9. The quantitative estimate of drug-likeness (QED) is 0.617. The van der Waals surface area contributed by atoms with Gasteiger partial charge in [-0.1, -0.05) is 54.6 Å².